The zero-order valence-electron chi connectivity index (χ0n) is 10.4. The summed E-state index contributed by atoms with van der Waals surface area (Å²) in [6.45, 7) is 2.75. The molecule has 1 saturated heterocycles. The maximum Gasteiger partial charge on any atom is 0.160 e. The Kier molecular flexibility index (Phi) is 4.59. The van der Waals surface area contributed by atoms with Crippen molar-refractivity contribution in [1.29, 1.82) is 0 Å². The number of hydrogen-bond donors (Lipinski definition) is 1. The highest BCUT2D eigenvalue weighted by Crippen LogP contribution is 2.15. The third kappa shape index (κ3) is 4.11. The number of rotatable bonds is 4. The van der Waals surface area contributed by atoms with E-state index in [0.717, 1.165) is 25.3 Å². The monoisotopic (exact) mass is 267 g/mol. The second-order valence-corrected chi connectivity index (χ2v) is 4.21. The number of nitrogens with zero attached hydrogens (tertiary/aromatic N) is 2. The number of aliphatic imine (C=N–C) groups is 1. The normalized spacial score (nSPS) is 17.5. The Hall–Kier alpha value is -1.79. The largest absolute Gasteiger partial charge is 0.401 e. The smallest absolute Gasteiger partial charge is 0.160 e. The maximum absolute atomic E-state index is 12.9. The molecule has 0 unspecified atom stereocenters. The van der Waals surface area contributed by atoms with Gasteiger partial charge in [0.15, 0.2) is 11.6 Å². The fourth-order valence-corrected chi connectivity index (χ4v) is 1.67. The number of hydrogen-bond acceptors (Lipinski definition) is 4. The number of halogens is 2. The first-order valence-corrected chi connectivity index (χ1v) is 5.89. The SMILES string of the molecule is N/C(=C\C=Nc1ccc(F)c(F)c1)CN1CCOC1. The fraction of sp³-hybridized carbons (Fsp3) is 0.308. The molecule has 2 N–H and O–H groups in total. The van der Waals surface area contributed by atoms with Crippen molar-refractivity contribution in [3.8, 4) is 0 Å². The van der Waals surface area contributed by atoms with Crippen molar-refractivity contribution < 1.29 is 13.5 Å². The fourth-order valence-electron chi connectivity index (χ4n) is 1.67. The minimum Gasteiger partial charge on any atom is -0.401 e. The molecule has 0 aromatic heterocycles. The predicted molar refractivity (Wildman–Crippen MR) is 69.2 cm³/mol. The predicted octanol–water partition coefficient (Wildman–Crippen LogP) is 1.80. The van der Waals surface area contributed by atoms with Gasteiger partial charge in [0.05, 0.1) is 19.0 Å². The molecule has 0 spiro atoms. The summed E-state index contributed by atoms with van der Waals surface area (Å²) in [5.41, 5.74) is 6.79. The third-order valence-electron chi connectivity index (χ3n) is 2.65. The van der Waals surface area contributed by atoms with Gasteiger partial charge in [0, 0.05) is 31.1 Å². The van der Waals surface area contributed by atoms with Crippen LogP contribution in [0.5, 0.6) is 0 Å². The van der Waals surface area contributed by atoms with Gasteiger partial charge in [-0.1, -0.05) is 0 Å². The van der Waals surface area contributed by atoms with Gasteiger partial charge in [-0.15, -0.1) is 0 Å². The number of ether oxygens (including phenoxy) is 1. The Morgan fingerprint density at radius 1 is 1.42 bits per heavy atom. The van der Waals surface area contributed by atoms with E-state index in [1.165, 1.54) is 12.3 Å². The Bertz CT molecular complexity index is 497. The van der Waals surface area contributed by atoms with E-state index in [1.807, 2.05) is 0 Å². The first-order chi connectivity index (χ1) is 9.15. The Morgan fingerprint density at radius 3 is 2.95 bits per heavy atom. The van der Waals surface area contributed by atoms with Gasteiger partial charge in [0.2, 0.25) is 0 Å². The number of nitrogens with two attached hydrogens (primary N) is 1. The first kappa shape index (κ1) is 13.6. The van der Waals surface area contributed by atoms with Gasteiger partial charge < -0.3 is 10.5 Å². The lowest BCUT2D eigenvalue weighted by Crippen LogP contribution is -2.25. The average molecular weight is 267 g/mol. The van der Waals surface area contributed by atoms with E-state index in [1.54, 1.807) is 6.08 Å². The lowest BCUT2D eigenvalue weighted by molar-refractivity contribution is 0.145. The first-order valence-electron chi connectivity index (χ1n) is 5.89. The minimum absolute atomic E-state index is 0.340. The van der Waals surface area contributed by atoms with Crippen LogP contribution < -0.4 is 5.73 Å². The summed E-state index contributed by atoms with van der Waals surface area (Å²) in [5.74, 6) is -1.80. The van der Waals surface area contributed by atoms with Crippen molar-refractivity contribution in [2.75, 3.05) is 26.4 Å². The Labute approximate surface area is 110 Å². The summed E-state index contributed by atoms with van der Waals surface area (Å²) < 4.78 is 30.8. The highest BCUT2D eigenvalue weighted by Gasteiger charge is 2.11. The molecule has 0 atom stereocenters. The van der Waals surface area contributed by atoms with E-state index in [0.29, 0.717) is 24.7 Å². The van der Waals surface area contributed by atoms with Gasteiger partial charge in [-0.3, -0.25) is 9.89 Å². The van der Waals surface area contributed by atoms with Crippen molar-refractivity contribution in [2.24, 2.45) is 10.7 Å². The highest BCUT2D eigenvalue weighted by atomic mass is 19.2. The second-order valence-electron chi connectivity index (χ2n) is 4.21. The average Bonchev–Trinajstić information content (AvgIpc) is 2.86. The molecular formula is C13H15F2N3O. The van der Waals surface area contributed by atoms with Crippen LogP contribution in [-0.2, 0) is 4.74 Å². The van der Waals surface area contributed by atoms with Crippen molar-refractivity contribution in [1.82, 2.24) is 4.90 Å². The molecule has 0 amide bonds. The van der Waals surface area contributed by atoms with Crippen molar-refractivity contribution >= 4 is 11.9 Å². The molecule has 0 aliphatic carbocycles. The van der Waals surface area contributed by atoms with E-state index in [4.69, 9.17) is 10.5 Å². The number of benzene rings is 1. The van der Waals surface area contributed by atoms with Crippen LogP contribution in [0.4, 0.5) is 14.5 Å². The molecule has 19 heavy (non-hydrogen) atoms. The minimum atomic E-state index is -0.916. The number of allylic oxidation sites excluding steroid dienone is 1. The molecule has 6 heteroatoms. The van der Waals surface area contributed by atoms with Gasteiger partial charge in [-0.2, -0.15) is 0 Å². The summed E-state index contributed by atoms with van der Waals surface area (Å²) in [7, 11) is 0. The topological polar surface area (TPSA) is 50.8 Å². The quantitative estimate of drug-likeness (QED) is 0.846. The standard InChI is InChI=1S/C13H15F2N3O/c14-12-2-1-11(7-13(12)15)17-4-3-10(16)8-18-5-6-19-9-18/h1-4,7H,5-6,8-9,16H2/b10-3-,17-4?. The van der Waals surface area contributed by atoms with Crippen molar-refractivity contribution in [3.63, 3.8) is 0 Å². The van der Waals surface area contributed by atoms with E-state index in [9.17, 15) is 8.78 Å². The molecule has 0 saturated carbocycles. The summed E-state index contributed by atoms with van der Waals surface area (Å²) in [4.78, 5) is 6.04. The summed E-state index contributed by atoms with van der Waals surface area (Å²) in [6, 6.07) is 3.47. The zero-order valence-corrected chi connectivity index (χ0v) is 10.4. The van der Waals surface area contributed by atoms with Crippen LogP contribution in [0.3, 0.4) is 0 Å². The third-order valence-corrected chi connectivity index (χ3v) is 2.65. The Morgan fingerprint density at radius 2 is 2.26 bits per heavy atom. The van der Waals surface area contributed by atoms with E-state index in [-0.39, 0.29) is 0 Å². The van der Waals surface area contributed by atoms with Crippen LogP contribution in [0, 0.1) is 11.6 Å². The molecule has 1 fully saturated rings. The Balaban J connectivity index is 1.91. The van der Waals surface area contributed by atoms with Crippen LogP contribution in [0.15, 0.2) is 35.0 Å². The van der Waals surface area contributed by atoms with E-state index in [2.05, 4.69) is 9.89 Å². The van der Waals surface area contributed by atoms with Crippen molar-refractivity contribution in [2.45, 2.75) is 0 Å². The molecule has 4 nitrogen and oxygen atoms in total. The van der Waals surface area contributed by atoms with Gasteiger partial charge in [-0.25, -0.2) is 8.78 Å². The van der Waals surface area contributed by atoms with E-state index < -0.39 is 11.6 Å². The molecule has 0 radical (unpaired) electrons. The molecule has 1 aromatic carbocycles. The summed E-state index contributed by atoms with van der Waals surface area (Å²) >= 11 is 0. The zero-order chi connectivity index (χ0) is 13.7. The maximum atomic E-state index is 12.9. The van der Waals surface area contributed by atoms with E-state index >= 15 is 0 Å². The van der Waals surface area contributed by atoms with Crippen LogP contribution in [0.2, 0.25) is 0 Å². The summed E-state index contributed by atoms with van der Waals surface area (Å²) in [6.07, 6.45) is 3.11. The molecule has 1 heterocycles. The van der Waals surface area contributed by atoms with Crippen molar-refractivity contribution in [3.05, 3.63) is 41.6 Å². The van der Waals surface area contributed by atoms with Gasteiger partial charge in [-0.05, 0) is 18.2 Å². The van der Waals surface area contributed by atoms with Gasteiger partial charge in [0.25, 0.3) is 0 Å². The molecule has 1 aromatic rings. The molecule has 0 bridgehead atoms. The second kappa shape index (κ2) is 6.40. The van der Waals surface area contributed by atoms with Crippen LogP contribution in [0.1, 0.15) is 0 Å². The molecular weight excluding hydrogens is 252 g/mol. The van der Waals surface area contributed by atoms with Crippen LogP contribution in [0.25, 0.3) is 0 Å². The summed E-state index contributed by atoms with van der Waals surface area (Å²) in [5, 5.41) is 0. The van der Waals surface area contributed by atoms with Crippen LogP contribution in [-0.4, -0.2) is 37.5 Å². The lowest BCUT2D eigenvalue weighted by Gasteiger charge is -2.11. The van der Waals surface area contributed by atoms with Gasteiger partial charge >= 0.3 is 0 Å². The highest BCUT2D eigenvalue weighted by molar-refractivity contribution is 5.75. The lowest BCUT2D eigenvalue weighted by atomic mass is 10.3. The molecule has 1 aliphatic heterocycles. The molecule has 2 rings (SSSR count). The molecule has 102 valence electrons. The van der Waals surface area contributed by atoms with Crippen LogP contribution >= 0.6 is 0 Å². The molecule has 1 aliphatic rings. The van der Waals surface area contributed by atoms with Gasteiger partial charge in [0.1, 0.15) is 0 Å².